The van der Waals surface area contributed by atoms with Crippen molar-refractivity contribution in [1.82, 2.24) is 24.9 Å². The number of likely N-dealkylation sites (N-methyl/N-ethyl adjacent to an activating group) is 1. The number of benzene rings is 1. The topological polar surface area (TPSA) is 109 Å². The van der Waals surface area contributed by atoms with E-state index >= 15 is 0 Å². The number of nitrogens with zero attached hydrogens (tertiary/aromatic N) is 5. The number of hydrogen-bond donors (Lipinski definition) is 2. The summed E-state index contributed by atoms with van der Waals surface area (Å²) in [6, 6.07) is 5.98. The highest BCUT2D eigenvalue weighted by Crippen LogP contribution is 2.24. The maximum absolute atomic E-state index is 13.7. The highest BCUT2D eigenvalue weighted by molar-refractivity contribution is 5.95. The number of ether oxygens (including phenoxy) is 1. The second-order valence-electron chi connectivity index (χ2n) is 6.26. The summed E-state index contributed by atoms with van der Waals surface area (Å²) >= 11 is 0. The number of amides is 1. The van der Waals surface area contributed by atoms with Gasteiger partial charge in [0.1, 0.15) is 17.7 Å². The van der Waals surface area contributed by atoms with Gasteiger partial charge in [-0.05, 0) is 18.2 Å². The molecule has 30 heavy (non-hydrogen) atoms. The van der Waals surface area contributed by atoms with Gasteiger partial charge in [0.05, 0.1) is 24.8 Å². The van der Waals surface area contributed by atoms with Gasteiger partial charge < -0.3 is 19.9 Å². The monoisotopic (exact) mass is 411 g/mol. The van der Waals surface area contributed by atoms with E-state index in [4.69, 9.17) is 4.74 Å². The number of imidazole rings is 1. The van der Waals surface area contributed by atoms with Gasteiger partial charge in [0.15, 0.2) is 23.0 Å². The summed E-state index contributed by atoms with van der Waals surface area (Å²) in [6.07, 6.45) is 4.25. The molecule has 1 amide bonds. The molecular formula is C19H15F2N7O2. The van der Waals surface area contributed by atoms with Crippen molar-refractivity contribution in [2.45, 2.75) is 0 Å². The van der Waals surface area contributed by atoms with Crippen molar-refractivity contribution < 1.29 is 18.3 Å². The molecule has 0 bridgehead atoms. The van der Waals surface area contributed by atoms with Crippen LogP contribution in [0.3, 0.4) is 0 Å². The third kappa shape index (κ3) is 4.14. The molecule has 4 rings (SSSR count). The van der Waals surface area contributed by atoms with E-state index in [2.05, 4.69) is 30.2 Å². The maximum atomic E-state index is 13.7. The molecule has 11 heteroatoms. The molecule has 0 aliphatic heterocycles. The number of hydrogen-bond acceptors (Lipinski definition) is 7. The highest BCUT2D eigenvalue weighted by Gasteiger charge is 2.14. The van der Waals surface area contributed by atoms with Crippen LogP contribution >= 0.6 is 0 Å². The fraction of sp³-hybridized carbons (Fsp3) is 0.105. The largest absolute Gasteiger partial charge is 0.436 e. The number of halogens is 2. The molecule has 0 spiro atoms. The molecular weight excluding hydrogens is 396 g/mol. The zero-order valence-corrected chi connectivity index (χ0v) is 15.6. The number of nitrogens with one attached hydrogen (secondary N) is 2. The van der Waals surface area contributed by atoms with E-state index in [9.17, 15) is 13.6 Å². The number of H-pyrrole nitrogens is 1. The molecule has 9 nitrogen and oxygen atoms in total. The average Bonchev–Trinajstić information content (AvgIpc) is 3.20. The Morgan fingerprint density at radius 1 is 1.17 bits per heavy atom. The zero-order valence-electron chi connectivity index (χ0n) is 15.6. The molecule has 0 unspecified atom stereocenters. The first-order chi connectivity index (χ1) is 14.5. The summed E-state index contributed by atoms with van der Waals surface area (Å²) in [7, 11) is 1.72. The molecule has 4 aromatic rings. The number of carbonyl (C=O) groups is 1. The summed E-state index contributed by atoms with van der Waals surface area (Å²) in [4.78, 5) is 33.3. The van der Waals surface area contributed by atoms with Crippen molar-refractivity contribution in [3.05, 3.63) is 60.8 Å². The van der Waals surface area contributed by atoms with Gasteiger partial charge in [-0.15, -0.1) is 0 Å². The number of anilines is 2. The van der Waals surface area contributed by atoms with Crippen molar-refractivity contribution >= 4 is 28.6 Å². The summed E-state index contributed by atoms with van der Waals surface area (Å²) in [5, 5.41) is 2.70. The predicted molar refractivity (Wildman–Crippen MR) is 104 cm³/mol. The predicted octanol–water partition coefficient (Wildman–Crippen LogP) is 2.89. The maximum Gasteiger partial charge on any atom is 0.243 e. The molecule has 2 N–H and O–H groups in total. The van der Waals surface area contributed by atoms with Crippen LogP contribution in [0.2, 0.25) is 0 Å². The van der Waals surface area contributed by atoms with Crippen LogP contribution in [-0.4, -0.2) is 44.4 Å². The molecule has 0 atom stereocenters. The first-order valence-electron chi connectivity index (χ1n) is 8.73. The normalized spacial score (nSPS) is 10.8. The van der Waals surface area contributed by atoms with Crippen molar-refractivity contribution in [3.63, 3.8) is 0 Å². The van der Waals surface area contributed by atoms with E-state index in [1.807, 2.05) is 0 Å². The van der Waals surface area contributed by atoms with E-state index < -0.39 is 11.6 Å². The first kappa shape index (κ1) is 19.2. The van der Waals surface area contributed by atoms with Gasteiger partial charge in [0.2, 0.25) is 11.8 Å². The fourth-order valence-corrected chi connectivity index (χ4v) is 2.72. The number of aromatic nitrogens is 5. The molecule has 0 saturated carbocycles. The standard InChI is InChI=1S/C19H15F2N7O2/c1-28(19-17-18(24-9-23-17)25-10-26-19)8-15(29)27-12-3-5-16(22-7-12)30-14-4-2-11(20)6-13(14)21/h2-7,9-10H,8H2,1H3,(H,27,29)(H,23,24,25,26). The Labute approximate surface area is 168 Å². The van der Waals surface area contributed by atoms with Gasteiger partial charge in [-0.25, -0.2) is 28.7 Å². The molecule has 3 heterocycles. The third-order valence-electron chi connectivity index (χ3n) is 4.07. The minimum atomic E-state index is -0.840. The zero-order chi connectivity index (χ0) is 21.1. The van der Waals surface area contributed by atoms with Crippen LogP contribution in [0.5, 0.6) is 11.6 Å². The summed E-state index contributed by atoms with van der Waals surface area (Å²) in [6.45, 7) is 0.0180. The Kier molecular flexibility index (Phi) is 5.16. The van der Waals surface area contributed by atoms with Gasteiger partial charge in [-0.2, -0.15) is 0 Å². The SMILES string of the molecule is CN(CC(=O)Nc1ccc(Oc2ccc(F)cc2F)nc1)c1ncnc2nc[nH]c12. The van der Waals surface area contributed by atoms with E-state index in [1.165, 1.54) is 31.0 Å². The third-order valence-corrected chi connectivity index (χ3v) is 4.07. The second-order valence-corrected chi connectivity index (χ2v) is 6.26. The average molecular weight is 411 g/mol. The fourth-order valence-electron chi connectivity index (χ4n) is 2.72. The molecule has 1 aromatic carbocycles. The molecule has 152 valence electrons. The molecule has 0 aliphatic carbocycles. The van der Waals surface area contributed by atoms with Gasteiger partial charge >= 0.3 is 0 Å². The van der Waals surface area contributed by atoms with Crippen molar-refractivity contribution in [1.29, 1.82) is 0 Å². The Morgan fingerprint density at radius 3 is 2.80 bits per heavy atom. The quantitative estimate of drug-likeness (QED) is 0.502. The molecule has 0 aliphatic rings. The lowest BCUT2D eigenvalue weighted by Gasteiger charge is -2.17. The van der Waals surface area contributed by atoms with Crippen LogP contribution < -0.4 is 15.0 Å². The minimum absolute atomic E-state index is 0.0180. The Morgan fingerprint density at radius 2 is 2.03 bits per heavy atom. The van der Waals surface area contributed by atoms with E-state index in [0.717, 1.165) is 12.1 Å². The molecule has 0 saturated heterocycles. The smallest absolute Gasteiger partial charge is 0.243 e. The van der Waals surface area contributed by atoms with Crippen LogP contribution in [0.1, 0.15) is 0 Å². The lowest BCUT2D eigenvalue weighted by atomic mass is 10.3. The van der Waals surface area contributed by atoms with Crippen LogP contribution in [0.15, 0.2) is 49.2 Å². The van der Waals surface area contributed by atoms with E-state index in [1.54, 1.807) is 18.0 Å². The minimum Gasteiger partial charge on any atom is -0.436 e. The Hall–Kier alpha value is -4.15. The number of carbonyl (C=O) groups excluding carboxylic acids is 1. The van der Waals surface area contributed by atoms with Gasteiger partial charge in [-0.1, -0.05) is 0 Å². The van der Waals surface area contributed by atoms with E-state index in [-0.39, 0.29) is 24.1 Å². The number of pyridine rings is 1. The number of rotatable bonds is 6. The summed E-state index contributed by atoms with van der Waals surface area (Å²) < 4.78 is 31.9. The van der Waals surface area contributed by atoms with Crippen molar-refractivity contribution in [2.24, 2.45) is 0 Å². The van der Waals surface area contributed by atoms with Crippen molar-refractivity contribution in [2.75, 3.05) is 23.8 Å². The first-order valence-corrected chi connectivity index (χ1v) is 8.73. The number of aromatic amines is 1. The lowest BCUT2D eigenvalue weighted by molar-refractivity contribution is -0.114. The Balaban J connectivity index is 1.38. The van der Waals surface area contributed by atoms with Crippen LogP contribution in [0, 0.1) is 11.6 Å². The lowest BCUT2D eigenvalue weighted by Crippen LogP contribution is -2.30. The van der Waals surface area contributed by atoms with Gasteiger partial charge in [0, 0.05) is 19.2 Å². The second kappa shape index (κ2) is 8.07. The summed E-state index contributed by atoms with van der Waals surface area (Å²) in [5.41, 5.74) is 1.56. The molecule has 0 fully saturated rings. The summed E-state index contributed by atoms with van der Waals surface area (Å²) in [5.74, 6) is -1.37. The van der Waals surface area contributed by atoms with Crippen LogP contribution in [-0.2, 0) is 4.79 Å². The highest BCUT2D eigenvalue weighted by atomic mass is 19.1. The Bertz CT molecular complexity index is 1200. The molecule has 3 aromatic heterocycles. The van der Waals surface area contributed by atoms with Crippen LogP contribution in [0.25, 0.3) is 11.2 Å². The van der Waals surface area contributed by atoms with Gasteiger partial charge in [0.25, 0.3) is 0 Å². The van der Waals surface area contributed by atoms with Gasteiger partial charge in [-0.3, -0.25) is 4.79 Å². The number of fused-ring (bicyclic) bond motifs is 1. The van der Waals surface area contributed by atoms with Crippen molar-refractivity contribution in [3.8, 4) is 11.6 Å². The van der Waals surface area contributed by atoms with Crippen LogP contribution in [0.4, 0.5) is 20.3 Å². The molecule has 0 radical (unpaired) electrons. The van der Waals surface area contributed by atoms with E-state index in [0.29, 0.717) is 22.7 Å².